The molecule has 0 saturated carbocycles. The van der Waals surface area contributed by atoms with E-state index in [2.05, 4.69) is 12.2 Å². The topological polar surface area (TPSA) is 75.4 Å². The quantitative estimate of drug-likeness (QED) is 0.808. The number of amides is 2. The van der Waals surface area contributed by atoms with E-state index in [1.807, 2.05) is 25.7 Å². The van der Waals surface area contributed by atoms with Crippen LogP contribution in [0, 0.1) is 11.3 Å². The molecular formula is C16H31N3O2. The third-order valence-electron chi connectivity index (χ3n) is 4.06. The summed E-state index contributed by atoms with van der Waals surface area (Å²) in [6.07, 6.45) is 3.07. The van der Waals surface area contributed by atoms with E-state index in [0.29, 0.717) is 18.9 Å². The summed E-state index contributed by atoms with van der Waals surface area (Å²) in [7, 11) is 0. The van der Waals surface area contributed by atoms with E-state index in [1.165, 1.54) is 0 Å². The van der Waals surface area contributed by atoms with Crippen molar-refractivity contribution in [1.82, 2.24) is 10.2 Å². The van der Waals surface area contributed by atoms with Gasteiger partial charge in [-0.3, -0.25) is 9.59 Å². The summed E-state index contributed by atoms with van der Waals surface area (Å²) in [5.74, 6) is 0.696. The molecule has 1 heterocycles. The summed E-state index contributed by atoms with van der Waals surface area (Å²) in [6, 6.07) is 0.203. The number of hydrogen-bond acceptors (Lipinski definition) is 3. The highest BCUT2D eigenvalue weighted by Gasteiger charge is 2.30. The van der Waals surface area contributed by atoms with Gasteiger partial charge in [0.05, 0.1) is 0 Å². The van der Waals surface area contributed by atoms with Crippen LogP contribution in [0.4, 0.5) is 0 Å². The Balaban J connectivity index is 2.30. The lowest BCUT2D eigenvalue weighted by atomic mass is 9.93. The third kappa shape index (κ3) is 6.04. The molecule has 21 heavy (non-hydrogen) atoms. The molecule has 5 nitrogen and oxygen atoms in total. The van der Waals surface area contributed by atoms with Gasteiger partial charge in [0.25, 0.3) is 0 Å². The fourth-order valence-electron chi connectivity index (χ4n) is 2.50. The molecule has 0 bridgehead atoms. The Morgan fingerprint density at radius 2 is 1.86 bits per heavy atom. The Morgan fingerprint density at radius 1 is 1.29 bits per heavy atom. The first-order valence-corrected chi connectivity index (χ1v) is 8.03. The Morgan fingerprint density at radius 3 is 2.33 bits per heavy atom. The molecule has 0 aliphatic carbocycles. The van der Waals surface area contributed by atoms with E-state index in [9.17, 15) is 9.59 Å². The highest BCUT2D eigenvalue weighted by molar-refractivity contribution is 5.81. The SMILES string of the molecule is CC(CN)CCC(=O)NC1CCN(C(=O)C(C)(C)C)CC1. The van der Waals surface area contributed by atoms with Gasteiger partial charge >= 0.3 is 0 Å². The zero-order valence-electron chi connectivity index (χ0n) is 13.9. The van der Waals surface area contributed by atoms with E-state index in [1.54, 1.807) is 0 Å². The van der Waals surface area contributed by atoms with Crippen LogP contribution in [-0.2, 0) is 9.59 Å². The first kappa shape index (κ1) is 18.0. The van der Waals surface area contributed by atoms with E-state index in [4.69, 9.17) is 5.73 Å². The molecule has 1 saturated heterocycles. The molecule has 1 unspecified atom stereocenters. The Labute approximate surface area is 128 Å². The molecule has 1 rings (SSSR count). The first-order chi connectivity index (χ1) is 9.74. The van der Waals surface area contributed by atoms with Gasteiger partial charge in [-0.05, 0) is 31.7 Å². The maximum Gasteiger partial charge on any atom is 0.227 e. The van der Waals surface area contributed by atoms with Crippen molar-refractivity contribution in [2.45, 2.75) is 59.4 Å². The summed E-state index contributed by atoms with van der Waals surface area (Å²) in [6.45, 7) is 10.00. The van der Waals surface area contributed by atoms with Gasteiger partial charge in [0.15, 0.2) is 0 Å². The second kappa shape index (κ2) is 7.78. The number of nitrogens with one attached hydrogen (secondary N) is 1. The Hall–Kier alpha value is -1.10. The van der Waals surface area contributed by atoms with Crippen LogP contribution in [0.1, 0.15) is 53.4 Å². The summed E-state index contributed by atoms with van der Waals surface area (Å²) >= 11 is 0. The lowest BCUT2D eigenvalue weighted by Gasteiger charge is -2.36. The van der Waals surface area contributed by atoms with E-state index >= 15 is 0 Å². The fourth-order valence-corrected chi connectivity index (χ4v) is 2.50. The summed E-state index contributed by atoms with van der Waals surface area (Å²) in [4.78, 5) is 26.0. The number of piperidine rings is 1. The van der Waals surface area contributed by atoms with Gasteiger partial charge in [0.2, 0.25) is 11.8 Å². The molecule has 1 fully saturated rings. The van der Waals surface area contributed by atoms with Crippen LogP contribution in [-0.4, -0.2) is 42.4 Å². The molecule has 2 amide bonds. The molecule has 1 aliphatic rings. The molecule has 0 aromatic heterocycles. The molecule has 1 aliphatic heterocycles. The van der Waals surface area contributed by atoms with Crippen LogP contribution >= 0.6 is 0 Å². The number of carbonyl (C=O) groups excluding carboxylic acids is 2. The lowest BCUT2D eigenvalue weighted by Crippen LogP contribution is -2.49. The molecule has 5 heteroatoms. The summed E-state index contributed by atoms with van der Waals surface area (Å²) in [5.41, 5.74) is 5.23. The largest absolute Gasteiger partial charge is 0.353 e. The van der Waals surface area contributed by atoms with Gasteiger partial charge < -0.3 is 16.0 Å². The summed E-state index contributed by atoms with van der Waals surface area (Å²) < 4.78 is 0. The van der Waals surface area contributed by atoms with Gasteiger partial charge in [0, 0.05) is 31.0 Å². The normalized spacial score (nSPS) is 18.4. The number of likely N-dealkylation sites (tertiary alicyclic amines) is 1. The minimum absolute atomic E-state index is 0.107. The third-order valence-corrected chi connectivity index (χ3v) is 4.06. The first-order valence-electron chi connectivity index (χ1n) is 8.03. The number of nitrogens with two attached hydrogens (primary N) is 1. The zero-order chi connectivity index (χ0) is 16.0. The standard InChI is InChI=1S/C16H31N3O2/c1-12(11-17)5-6-14(20)18-13-7-9-19(10-8-13)15(21)16(2,3)4/h12-13H,5-11,17H2,1-4H3,(H,18,20). The average Bonchev–Trinajstić information content (AvgIpc) is 2.43. The van der Waals surface area contributed by atoms with Crippen LogP contribution in [0.15, 0.2) is 0 Å². The Bertz CT molecular complexity index is 355. The van der Waals surface area contributed by atoms with Crippen molar-refractivity contribution in [1.29, 1.82) is 0 Å². The fraction of sp³-hybridized carbons (Fsp3) is 0.875. The molecular weight excluding hydrogens is 266 g/mol. The van der Waals surface area contributed by atoms with Crippen molar-refractivity contribution in [3.8, 4) is 0 Å². The van der Waals surface area contributed by atoms with Crippen molar-refractivity contribution < 1.29 is 9.59 Å². The van der Waals surface area contributed by atoms with Crippen molar-refractivity contribution in [3.63, 3.8) is 0 Å². The number of nitrogens with zero attached hydrogens (tertiary/aromatic N) is 1. The van der Waals surface area contributed by atoms with Gasteiger partial charge in [-0.2, -0.15) is 0 Å². The van der Waals surface area contributed by atoms with Crippen molar-refractivity contribution in [2.24, 2.45) is 17.1 Å². The van der Waals surface area contributed by atoms with Crippen LogP contribution in [0.25, 0.3) is 0 Å². The van der Waals surface area contributed by atoms with Crippen molar-refractivity contribution in [3.05, 3.63) is 0 Å². The highest BCUT2D eigenvalue weighted by Crippen LogP contribution is 2.21. The summed E-state index contributed by atoms with van der Waals surface area (Å²) in [5, 5.41) is 3.08. The van der Waals surface area contributed by atoms with Crippen LogP contribution in [0.5, 0.6) is 0 Å². The molecule has 0 radical (unpaired) electrons. The zero-order valence-corrected chi connectivity index (χ0v) is 13.9. The number of hydrogen-bond donors (Lipinski definition) is 2. The van der Waals surface area contributed by atoms with E-state index in [0.717, 1.165) is 32.4 Å². The van der Waals surface area contributed by atoms with Crippen molar-refractivity contribution in [2.75, 3.05) is 19.6 Å². The van der Waals surface area contributed by atoms with Gasteiger partial charge in [-0.15, -0.1) is 0 Å². The minimum Gasteiger partial charge on any atom is -0.353 e. The second-order valence-electron chi connectivity index (χ2n) is 7.26. The average molecular weight is 297 g/mol. The molecule has 0 aromatic carbocycles. The monoisotopic (exact) mass is 297 g/mol. The van der Waals surface area contributed by atoms with Gasteiger partial charge in [0.1, 0.15) is 0 Å². The molecule has 122 valence electrons. The maximum absolute atomic E-state index is 12.2. The predicted octanol–water partition coefficient (Wildman–Crippen LogP) is 1.51. The predicted molar refractivity (Wildman–Crippen MR) is 84.7 cm³/mol. The van der Waals surface area contributed by atoms with E-state index in [-0.39, 0.29) is 23.3 Å². The van der Waals surface area contributed by atoms with Gasteiger partial charge in [-0.1, -0.05) is 27.7 Å². The lowest BCUT2D eigenvalue weighted by molar-refractivity contribution is -0.140. The smallest absolute Gasteiger partial charge is 0.227 e. The molecule has 0 aromatic rings. The number of rotatable bonds is 5. The van der Waals surface area contributed by atoms with E-state index < -0.39 is 0 Å². The van der Waals surface area contributed by atoms with Gasteiger partial charge in [-0.25, -0.2) is 0 Å². The minimum atomic E-state index is -0.325. The van der Waals surface area contributed by atoms with Crippen LogP contribution in [0.2, 0.25) is 0 Å². The molecule has 0 spiro atoms. The van der Waals surface area contributed by atoms with Crippen LogP contribution in [0.3, 0.4) is 0 Å². The Kier molecular flexibility index (Phi) is 6.65. The van der Waals surface area contributed by atoms with Crippen LogP contribution < -0.4 is 11.1 Å². The maximum atomic E-state index is 12.2. The molecule has 3 N–H and O–H groups in total. The number of carbonyl (C=O) groups is 2. The molecule has 1 atom stereocenters. The van der Waals surface area contributed by atoms with Crippen molar-refractivity contribution >= 4 is 11.8 Å². The second-order valence-corrected chi connectivity index (χ2v) is 7.26. The highest BCUT2D eigenvalue weighted by atomic mass is 16.2.